The predicted octanol–water partition coefficient (Wildman–Crippen LogP) is 2.76. The van der Waals surface area contributed by atoms with Gasteiger partial charge in [0.1, 0.15) is 5.60 Å². The maximum atomic E-state index is 13.0. The molecule has 1 aromatic heterocycles. The van der Waals surface area contributed by atoms with Gasteiger partial charge in [-0.1, -0.05) is 11.6 Å². The van der Waals surface area contributed by atoms with Gasteiger partial charge in [-0.2, -0.15) is 0 Å². The number of rotatable bonds is 2. The maximum Gasteiger partial charge on any atom is 0.310 e. The molecule has 0 aliphatic carbocycles. The summed E-state index contributed by atoms with van der Waals surface area (Å²) in [6.45, 7) is 5.31. The first-order valence-corrected chi connectivity index (χ1v) is 5.17. The lowest BCUT2D eigenvalue weighted by Crippen LogP contribution is -2.24. The van der Waals surface area contributed by atoms with Crippen LogP contribution in [0.25, 0.3) is 0 Å². The molecular weight excluding hydrogens is 233 g/mol. The van der Waals surface area contributed by atoms with Gasteiger partial charge in [-0.25, -0.2) is 9.37 Å². The van der Waals surface area contributed by atoms with Gasteiger partial charge in [-0.05, 0) is 32.4 Å². The van der Waals surface area contributed by atoms with Gasteiger partial charge in [0.15, 0.2) is 11.0 Å². The number of hydrogen-bond donors (Lipinski definition) is 0. The summed E-state index contributed by atoms with van der Waals surface area (Å²) in [5.74, 6) is -1.06. The molecule has 0 aliphatic rings. The van der Waals surface area contributed by atoms with Crippen molar-refractivity contribution in [3.8, 4) is 0 Å². The summed E-state index contributed by atoms with van der Waals surface area (Å²) < 4.78 is 18.1. The maximum absolute atomic E-state index is 13.0. The topological polar surface area (TPSA) is 39.2 Å². The normalized spacial score (nSPS) is 11.3. The third-order valence-corrected chi connectivity index (χ3v) is 1.90. The number of pyridine rings is 1. The molecule has 0 fully saturated rings. The van der Waals surface area contributed by atoms with Crippen molar-refractivity contribution in [2.75, 3.05) is 0 Å². The Hall–Kier alpha value is -1.16. The van der Waals surface area contributed by atoms with Crippen LogP contribution in [0.4, 0.5) is 4.39 Å². The van der Waals surface area contributed by atoms with Crippen LogP contribution < -0.4 is 0 Å². The fraction of sp³-hybridized carbons (Fsp3) is 0.455. The Morgan fingerprint density at radius 1 is 1.56 bits per heavy atom. The predicted molar refractivity (Wildman–Crippen MR) is 58.8 cm³/mol. The Morgan fingerprint density at radius 3 is 2.69 bits per heavy atom. The number of halogens is 2. The fourth-order valence-corrected chi connectivity index (χ4v) is 1.21. The number of ether oxygens (including phenoxy) is 1. The number of aromatic nitrogens is 1. The Bertz CT molecular complexity index is 401. The summed E-state index contributed by atoms with van der Waals surface area (Å²) in [6, 6.07) is 1.18. The zero-order chi connectivity index (χ0) is 12.3. The van der Waals surface area contributed by atoms with E-state index in [1.807, 2.05) is 0 Å². The molecule has 0 unspecified atom stereocenters. The molecule has 0 aliphatic heterocycles. The number of esters is 1. The lowest BCUT2D eigenvalue weighted by Gasteiger charge is -2.19. The third-order valence-electron chi connectivity index (χ3n) is 1.62. The highest BCUT2D eigenvalue weighted by atomic mass is 35.5. The van der Waals surface area contributed by atoms with Crippen molar-refractivity contribution >= 4 is 17.6 Å². The minimum Gasteiger partial charge on any atom is -0.460 e. The molecule has 16 heavy (non-hydrogen) atoms. The minimum absolute atomic E-state index is 0.0155. The van der Waals surface area contributed by atoms with Crippen LogP contribution in [0.5, 0.6) is 0 Å². The smallest absolute Gasteiger partial charge is 0.310 e. The van der Waals surface area contributed by atoms with Gasteiger partial charge in [0.05, 0.1) is 6.42 Å². The Balaban J connectivity index is 2.67. The van der Waals surface area contributed by atoms with Crippen LogP contribution in [0.1, 0.15) is 26.3 Å². The van der Waals surface area contributed by atoms with Crippen LogP contribution >= 0.6 is 11.6 Å². The van der Waals surface area contributed by atoms with Crippen molar-refractivity contribution in [3.05, 3.63) is 28.8 Å². The van der Waals surface area contributed by atoms with E-state index in [9.17, 15) is 9.18 Å². The molecule has 88 valence electrons. The van der Waals surface area contributed by atoms with Crippen molar-refractivity contribution in [1.82, 2.24) is 4.98 Å². The standard InChI is InChI=1S/C11H13ClFNO2/c1-11(2,3)16-9(15)5-7-4-8(13)10(12)14-6-7/h4,6H,5H2,1-3H3. The first-order valence-electron chi connectivity index (χ1n) is 4.80. The van der Waals surface area contributed by atoms with E-state index >= 15 is 0 Å². The molecule has 0 bridgehead atoms. The summed E-state index contributed by atoms with van der Waals surface area (Å²) in [5.41, 5.74) is -0.105. The molecule has 0 saturated carbocycles. The van der Waals surface area contributed by atoms with Crippen LogP contribution in [0.3, 0.4) is 0 Å². The second-order valence-electron chi connectivity index (χ2n) is 4.38. The minimum atomic E-state index is -0.636. The van der Waals surface area contributed by atoms with Crippen molar-refractivity contribution in [1.29, 1.82) is 0 Å². The number of hydrogen-bond acceptors (Lipinski definition) is 3. The molecule has 0 N–H and O–H groups in total. The number of nitrogens with zero attached hydrogens (tertiary/aromatic N) is 1. The van der Waals surface area contributed by atoms with E-state index in [2.05, 4.69) is 4.98 Å². The highest BCUT2D eigenvalue weighted by molar-refractivity contribution is 6.29. The molecule has 1 aromatic rings. The first-order chi connectivity index (χ1) is 7.28. The second-order valence-corrected chi connectivity index (χ2v) is 4.74. The Labute approximate surface area is 98.6 Å². The van der Waals surface area contributed by atoms with Crippen LogP contribution in [0.15, 0.2) is 12.3 Å². The van der Waals surface area contributed by atoms with Crippen LogP contribution in [-0.2, 0) is 16.0 Å². The zero-order valence-corrected chi connectivity index (χ0v) is 10.1. The van der Waals surface area contributed by atoms with E-state index in [0.29, 0.717) is 5.56 Å². The lowest BCUT2D eigenvalue weighted by molar-refractivity contribution is -0.153. The van der Waals surface area contributed by atoms with E-state index in [1.165, 1.54) is 12.3 Å². The monoisotopic (exact) mass is 245 g/mol. The average Bonchev–Trinajstić information content (AvgIpc) is 2.08. The highest BCUT2D eigenvalue weighted by Gasteiger charge is 2.17. The molecule has 0 aromatic carbocycles. The summed E-state index contributed by atoms with van der Waals surface area (Å²) in [5, 5.41) is -0.201. The van der Waals surface area contributed by atoms with Gasteiger partial charge >= 0.3 is 5.97 Å². The van der Waals surface area contributed by atoms with Crippen LogP contribution in [0, 0.1) is 5.82 Å². The van der Waals surface area contributed by atoms with E-state index in [0.717, 1.165) is 0 Å². The van der Waals surface area contributed by atoms with Crippen molar-refractivity contribution in [2.45, 2.75) is 32.8 Å². The van der Waals surface area contributed by atoms with Crippen LogP contribution in [-0.4, -0.2) is 16.6 Å². The molecule has 1 heterocycles. The molecule has 0 atom stereocenters. The Kier molecular flexibility index (Phi) is 3.86. The summed E-state index contributed by atoms with van der Waals surface area (Å²) in [4.78, 5) is 15.0. The average molecular weight is 246 g/mol. The second kappa shape index (κ2) is 4.78. The summed E-state index contributed by atoms with van der Waals surface area (Å²) in [6.07, 6.45) is 1.34. The summed E-state index contributed by atoms with van der Waals surface area (Å²) in [7, 11) is 0. The SMILES string of the molecule is CC(C)(C)OC(=O)Cc1cnc(Cl)c(F)c1. The molecule has 0 amide bonds. The lowest BCUT2D eigenvalue weighted by atomic mass is 10.1. The first kappa shape index (κ1) is 12.9. The molecule has 3 nitrogen and oxygen atoms in total. The molecule has 1 rings (SSSR count). The molecule has 0 saturated heterocycles. The number of carbonyl (C=O) groups is 1. The third kappa shape index (κ3) is 4.14. The quantitative estimate of drug-likeness (QED) is 0.594. The van der Waals surface area contributed by atoms with E-state index in [-0.39, 0.29) is 11.6 Å². The molecule has 0 spiro atoms. The van der Waals surface area contributed by atoms with Gasteiger partial charge in [-0.15, -0.1) is 0 Å². The van der Waals surface area contributed by atoms with E-state index in [1.54, 1.807) is 20.8 Å². The Morgan fingerprint density at radius 2 is 2.19 bits per heavy atom. The number of carbonyl (C=O) groups excluding carboxylic acids is 1. The van der Waals surface area contributed by atoms with Crippen molar-refractivity contribution in [2.24, 2.45) is 0 Å². The van der Waals surface area contributed by atoms with Gasteiger partial charge in [-0.3, -0.25) is 4.79 Å². The summed E-state index contributed by atoms with van der Waals surface area (Å²) >= 11 is 5.42. The van der Waals surface area contributed by atoms with Gasteiger partial charge in [0.25, 0.3) is 0 Å². The van der Waals surface area contributed by atoms with Gasteiger partial charge in [0.2, 0.25) is 0 Å². The molecule has 5 heteroatoms. The van der Waals surface area contributed by atoms with Crippen molar-refractivity contribution < 1.29 is 13.9 Å². The molecular formula is C11H13ClFNO2. The van der Waals surface area contributed by atoms with Gasteiger partial charge < -0.3 is 4.74 Å². The van der Waals surface area contributed by atoms with Gasteiger partial charge in [0, 0.05) is 6.20 Å². The highest BCUT2D eigenvalue weighted by Crippen LogP contribution is 2.14. The van der Waals surface area contributed by atoms with E-state index in [4.69, 9.17) is 16.3 Å². The fourth-order valence-electron chi connectivity index (χ4n) is 1.10. The molecule has 0 radical (unpaired) electrons. The van der Waals surface area contributed by atoms with E-state index < -0.39 is 17.4 Å². The van der Waals surface area contributed by atoms with Crippen LogP contribution in [0.2, 0.25) is 5.15 Å². The zero-order valence-electron chi connectivity index (χ0n) is 9.38. The largest absolute Gasteiger partial charge is 0.460 e. The van der Waals surface area contributed by atoms with Crippen molar-refractivity contribution in [3.63, 3.8) is 0 Å².